The highest BCUT2D eigenvalue weighted by Crippen LogP contribution is 2.36. The fraction of sp³-hybridized carbons (Fsp3) is 0.800. The van der Waals surface area contributed by atoms with Crippen LogP contribution < -0.4 is 5.32 Å². The maximum absolute atomic E-state index is 11.5. The fourth-order valence-corrected chi connectivity index (χ4v) is 1.89. The quantitative estimate of drug-likeness (QED) is 0.646. The fourth-order valence-electron chi connectivity index (χ4n) is 1.89. The van der Waals surface area contributed by atoms with E-state index >= 15 is 0 Å². The van der Waals surface area contributed by atoms with Crippen molar-refractivity contribution in [3.63, 3.8) is 0 Å². The molecule has 0 aromatic rings. The van der Waals surface area contributed by atoms with Crippen molar-refractivity contribution >= 4 is 11.8 Å². The molecule has 2 rings (SSSR count). The topological polar surface area (TPSA) is 49.4 Å². The predicted octanol–water partition coefficient (Wildman–Crippen LogP) is -0.0107. The smallest absolute Gasteiger partial charge is 0.246 e. The Morgan fingerprint density at radius 1 is 1.50 bits per heavy atom. The highest BCUT2D eigenvalue weighted by Gasteiger charge is 2.38. The molecule has 0 aromatic heterocycles. The minimum absolute atomic E-state index is 0.0728. The molecule has 78 valence electrons. The Morgan fingerprint density at radius 2 is 2.14 bits per heavy atom. The van der Waals surface area contributed by atoms with E-state index in [2.05, 4.69) is 12.2 Å². The van der Waals surface area contributed by atoms with E-state index in [1.54, 1.807) is 7.05 Å². The second-order valence-electron chi connectivity index (χ2n) is 4.43. The molecule has 1 saturated heterocycles. The molecule has 0 radical (unpaired) electrons. The number of nitrogens with one attached hydrogen (secondary N) is 1. The van der Waals surface area contributed by atoms with Gasteiger partial charge in [0.25, 0.3) is 0 Å². The van der Waals surface area contributed by atoms with E-state index < -0.39 is 0 Å². The van der Waals surface area contributed by atoms with Crippen molar-refractivity contribution in [2.45, 2.75) is 25.8 Å². The zero-order chi connectivity index (χ0) is 10.3. The van der Waals surface area contributed by atoms with Gasteiger partial charge in [-0.2, -0.15) is 0 Å². The standard InChI is InChI=1S/C10H16N2O2/c1-6-3-7(6)5-11-8-4-9(13)12(2)10(8)14/h6-8,11H,3-5H2,1-2H3. The van der Waals surface area contributed by atoms with Crippen molar-refractivity contribution < 1.29 is 9.59 Å². The van der Waals surface area contributed by atoms with Crippen LogP contribution in [0, 0.1) is 11.8 Å². The molecule has 0 aromatic carbocycles. The van der Waals surface area contributed by atoms with Gasteiger partial charge in [0, 0.05) is 7.05 Å². The van der Waals surface area contributed by atoms with Crippen LogP contribution in [-0.4, -0.2) is 36.3 Å². The molecule has 4 heteroatoms. The molecule has 0 bridgehead atoms. The molecule has 2 aliphatic rings. The number of rotatable bonds is 3. The summed E-state index contributed by atoms with van der Waals surface area (Å²) in [6, 6.07) is -0.264. The first-order chi connectivity index (χ1) is 6.59. The lowest BCUT2D eigenvalue weighted by Gasteiger charge is -2.10. The van der Waals surface area contributed by atoms with Crippen LogP contribution in [-0.2, 0) is 9.59 Å². The van der Waals surface area contributed by atoms with E-state index in [1.165, 1.54) is 11.3 Å². The van der Waals surface area contributed by atoms with Crippen LogP contribution >= 0.6 is 0 Å². The van der Waals surface area contributed by atoms with Gasteiger partial charge in [0.15, 0.2) is 0 Å². The van der Waals surface area contributed by atoms with Gasteiger partial charge >= 0.3 is 0 Å². The number of nitrogens with zero attached hydrogens (tertiary/aromatic N) is 1. The van der Waals surface area contributed by atoms with Crippen molar-refractivity contribution in [1.29, 1.82) is 0 Å². The lowest BCUT2D eigenvalue weighted by atomic mass is 10.2. The van der Waals surface area contributed by atoms with Crippen molar-refractivity contribution in [3.8, 4) is 0 Å². The normalized spacial score (nSPS) is 36.7. The predicted molar refractivity (Wildman–Crippen MR) is 51.5 cm³/mol. The van der Waals surface area contributed by atoms with Crippen LogP contribution in [0.3, 0.4) is 0 Å². The molecule has 1 aliphatic heterocycles. The van der Waals surface area contributed by atoms with Crippen LogP contribution in [0.2, 0.25) is 0 Å². The molecule has 1 heterocycles. The van der Waals surface area contributed by atoms with Crippen LogP contribution in [0.1, 0.15) is 19.8 Å². The van der Waals surface area contributed by atoms with Crippen molar-refractivity contribution in [3.05, 3.63) is 0 Å². The van der Waals surface area contributed by atoms with E-state index in [4.69, 9.17) is 0 Å². The maximum atomic E-state index is 11.5. The summed E-state index contributed by atoms with van der Waals surface area (Å²) in [4.78, 5) is 23.9. The minimum Gasteiger partial charge on any atom is -0.305 e. The lowest BCUT2D eigenvalue weighted by molar-refractivity contribution is -0.137. The van der Waals surface area contributed by atoms with Gasteiger partial charge in [-0.25, -0.2) is 0 Å². The summed E-state index contributed by atoms with van der Waals surface area (Å²) in [5.41, 5.74) is 0. The largest absolute Gasteiger partial charge is 0.305 e. The van der Waals surface area contributed by atoms with Gasteiger partial charge in [-0.05, 0) is 24.8 Å². The average molecular weight is 196 g/mol. The van der Waals surface area contributed by atoms with Crippen LogP contribution in [0.4, 0.5) is 0 Å². The molecule has 3 atom stereocenters. The molecule has 14 heavy (non-hydrogen) atoms. The first kappa shape index (κ1) is 9.65. The first-order valence-electron chi connectivity index (χ1n) is 5.13. The molecule has 2 amide bonds. The van der Waals surface area contributed by atoms with Gasteiger partial charge in [-0.3, -0.25) is 14.5 Å². The lowest BCUT2D eigenvalue weighted by Crippen LogP contribution is -2.38. The molecule has 2 fully saturated rings. The van der Waals surface area contributed by atoms with E-state index in [0.717, 1.165) is 12.5 Å². The number of hydrogen-bond acceptors (Lipinski definition) is 3. The van der Waals surface area contributed by atoms with E-state index in [0.29, 0.717) is 12.3 Å². The maximum Gasteiger partial charge on any atom is 0.246 e. The molecule has 1 N–H and O–H groups in total. The Hall–Kier alpha value is -0.900. The number of carbonyl (C=O) groups excluding carboxylic acids is 2. The van der Waals surface area contributed by atoms with Crippen LogP contribution in [0.5, 0.6) is 0 Å². The number of likely N-dealkylation sites (tertiary alicyclic amines) is 1. The molecule has 4 nitrogen and oxygen atoms in total. The Balaban J connectivity index is 1.81. The number of amides is 2. The van der Waals surface area contributed by atoms with Gasteiger partial charge in [0.2, 0.25) is 11.8 Å². The van der Waals surface area contributed by atoms with Gasteiger partial charge in [0.1, 0.15) is 0 Å². The zero-order valence-electron chi connectivity index (χ0n) is 8.62. The van der Waals surface area contributed by atoms with Crippen molar-refractivity contribution in [2.75, 3.05) is 13.6 Å². The SMILES string of the molecule is CC1CC1CNC1CC(=O)N(C)C1=O. The highest BCUT2D eigenvalue weighted by molar-refractivity contribution is 6.05. The van der Waals surface area contributed by atoms with Crippen molar-refractivity contribution in [1.82, 2.24) is 10.2 Å². The van der Waals surface area contributed by atoms with Crippen molar-refractivity contribution in [2.24, 2.45) is 11.8 Å². The molecule has 1 aliphatic carbocycles. The third kappa shape index (κ3) is 1.66. The molecule has 3 unspecified atom stereocenters. The third-order valence-corrected chi connectivity index (χ3v) is 3.28. The Bertz CT molecular complexity index is 277. The van der Waals surface area contributed by atoms with E-state index in [1.807, 2.05) is 0 Å². The second kappa shape index (κ2) is 3.35. The van der Waals surface area contributed by atoms with Gasteiger partial charge < -0.3 is 5.32 Å². The number of likely N-dealkylation sites (N-methyl/N-ethyl adjacent to an activating group) is 1. The second-order valence-corrected chi connectivity index (χ2v) is 4.43. The third-order valence-electron chi connectivity index (χ3n) is 3.28. The molecule has 0 spiro atoms. The molecular weight excluding hydrogens is 180 g/mol. The summed E-state index contributed by atoms with van der Waals surface area (Å²) < 4.78 is 0. The summed E-state index contributed by atoms with van der Waals surface area (Å²) >= 11 is 0. The molecule has 1 saturated carbocycles. The number of hydrogen-bond donors (Lipinski definition) is 1. The average Bonchev–Trinajstić information content (AvgIpc) is 2.80. The number of carbonyl (C=O) groups is 2. The Kier molecular flexibility index (Phi) is 2.31. The minimum atomic E-state index is -0.264. The summed E-state index contributed by atoms with van der Waals surface area (Å²) in [6.45, 7) is 3.08. The van der Waals surface area contributed by atoms with Crippen LogP contribution in [0.25, 0.3) is 0 Å². The monoisotopic (exact) mass is 196 g/mol. The van der Waals surface area contributed by atoms with Gasteiger partial charge in [-0.15, -0.1) is 0 Å². The number of imide groups is 1. The molecular formula is C10H16N2O2. The van der Waals surface area contributed by atoms with Gasteiger partial charge in [0.05, 0.1) is 12.5 Å². The summed E-state index contributed by atoms with van der Waals surface area (Å²) in [7, 11) is 1.55. The van der Waals surface area contributed by atoms with Crippen LogP contribution in [0.15, 0.2) is 0 Å². The first-order valence-corrected chi connectivity index (χ1v) is 5.13. The summed E-state index contributed by atoms with van der Waals surface area (Å²) in [6.07, 6.45) is 1.58. The van der Waals surface area contributed by atoms with Gasteiger partial charge in [-0.1, -0.05) is 6.92 Å². The summed E-state index contributed by atoms with van der Waals surface area (Å²) in [5, 5.41) is 3.17. The zero-order valence-corrected chi connectivity index (χ0v) is 8.62. The summed E-state index contributed by atoms with van der Waals surface area (Å²) in [5.74, 6) is 1.34. The Morgan fingerprint density at radius 3 is 2.57 bits per heavy atom. The Labute approximate surface area is 83.6 Å². The van der Waals surface area contributed by atoms with E-state index in [-0.39, 0.29) is 17.9 Å². The van der Waals surface area contributed by atoms with E-state index in [9.17, 15) is 9.59 Å². The highest BCUT2D eigenvalue weighted by atomic mass is 16.2.